The molecule has 0 atom stereocenters. The Morgan fingerprint density at radius 2 is 1.94 bits per heavy atom. The summed E-state index contributed by atoms with van der Waals surface area (Å²) >= 11 is 8.11. The Hall–Kier alpha value is -0.490. The van der Waals surface area contributed by atoms with Gasteiger partial charge in [-0.2, -0.15) is 0 Å². The lowest BCUT2D eigenvalue weighted by Crippen LogP contribution is -2.29. The van der Waals surface area contributed by atoms with Crippen LogP contribution in [0.4, 0.5) is 0 Å². The van der Waals surface area contributed by atoms with E-state index < -0.39 is 0 Å². The first-order valence-corrected chi connectivity index (χ1v) is 7.84. The zero-order valence-corrected chi connectivity index (χ0v) is 13.0. The van der Waals surface area contributed by atoms with Gasteiger partial charge >= 0.3 is 0 Å². The highest BCUT2D eigenvalue weighted by atomic mass is 127. The number of carbonyl (C=O) groups is 1. The smallest absolute Gasteiger partial charge is 0.257 e. The predicted octanol–water partition coefficient (Wildman–Crippen LogP) is 3.44. The van der Waals surface area contributed by atoms with Gasteiger partial charge in [-0.15, -0.1) is 0 Å². The number of hydrogen-bond donors (Lipinski definition) is 1. The molecule has 3 nitrogen and oxygen atoms in total. The number of carbonyl (C=O) groups excluding carboxylic acids is 1. The number of benzene rings is 1. The molecule has 0 heterocycles. The fourth-order valence-electron chi connectivity index (χ4n) is 1.35. The maximum atomic E-state index is 11.5. The number of ether oxygens (including phenoxy) is 1. The molecule has 0 aliphatic rings. The van der Waals surface area contributed by atoms with Crippen LogP contribution in [0.25, 0.3) is 0 Å². The molecule has 1 rings (SSSR count). The van der Waals surface area contributed by atoms with E-state index in [0.717, 1.165) is 19.4 Å². The highest BCUT2D eigenvalue weighted by molar-refractivity contribution is 14.1. The van der Waals surface area contributed by atoms with E-state index in [2.05, 4.69) is 27.9 Å². The van der Waals surface area contributed by atoms with Gasteiger partial charge in [0.25, 0.3) is 5.91 Å². The van der Waals surface area contributed by atoms with Gasteiger partial charge in [0.15, 0.2) is 6.61 Å². The Labute approximate surface area is 126 Å². The van der Waals surface area contributed by atoms with Crippen LogP contribution in [0.5, 0.6) is 5.75 Å². The molecule has 0 aromatic heterocycles. The molecule has 0 unspecified atom stereocenters. The molecule has 1 aromatic rings. The number of halogens is 2. The summed E-state index contributed by atoms with van der Waals surface area (Å²) in [5, 5.41) is 3.49. The maximum Gasteiger partial charge on any atom is 0.257 e. The van der Waals surface area contributed by atoms with Crippen LogP contribution < -0.4 is 10.1 Å². The second-order valence-corrected chi connectivity index (χ2v) is 5.36. The van der Waals surface area contributed by atoms with Gasteiger partial charge in [-0.3, -0.25) is 4.79 Å². The lowest BCUT2D eigenvalue weighted by atomic mass is 10.2. The van der Waals surface area contributed by atoms with E-state index in [1.807, 2.05) is 0 Å². The monoisotopic (exact) mass is 381 g/mol. The Morgan fingerprint density at radius 3 is 2.61 bits per heavy atom. The van der Waals surface area contributed by atoms with Crippen LogP contribution in [-0.2, 0) is 4.79 Å². The lowest BCUT2D eigenvalue weighted by Gasteiger charge is -2.07. The van der Waals surface area contributed by atoms with Gasteiger partial charge in [0.05, 0.1) is 0 Å². The molecular weight excluding hydrogens is 365 g/mol. The second kappa shape index (κ2) is 9.44. The molecule has 1 aromatic carbocycles. The van der Waals surface area contributed by atoms with Gasteiger partial charge < -0.3 is 10.1 Å². The number of nitrogens with one attached hydrogen (secondary N) is 1. The highest BCUT2D eigenvalue weighted by Gasteiger charge is 2.01. The number of unbranched alkanes of at least 4 members (excludes halogenated alkanes) is 2. The average molecular weight is 382 g/mol. The minimum atomic E-state index is -0.0839. The van der Waals surface area contributed by atoms with Crippen molar-refractivity contribution in [1.29, 1.82) is 0 Å². The first-order chi connectivity index (χ1) is 8.72. The van der Waals surface area contributed by atoms with Crippen molar-refractivity contribution in [3.8, 4) is 5.75 Å². The molecule has 5 heteroatoms. The Bertz CT molecular complexity index is 357. The van der Waals surface area contributed by atoms with Gasteiger partial charge in [-0.05, 0) is 41.5 Å². The molecule has 0 saturated carbocycles. The van der Waals surface area contributed by atoms with Crippen molar-refractivity contribution >= 4 is 40.1 Å². The van der Waals surface area contributed by atoms with Gasteiger partial charge in [0.2, 0.25) is 0 Å². The van der Waals surface area contributed by atoms with Gasteiger partial charge in [-0.25, -0.2) is 0 Å². The molecule has 0 radical (unpaired) electrons. The quantitative estimate of drug-likeness (QED) is 0.425. The molecule has 0 spiro atoms. The minimum Gasteiger partial charge on any atom is -0.484 e. The number of hydrogen-bond acceptors (Lipinski definition) is 2. The molecule has 0 saturated heterocycles. The first-order valence-electron chi connectivity index (χ1n) is 5.93. The molecule has 0 aliphatic heterocycles. The number of rotatable bonds is 8. The molecule has 0 aliphatic carbocycles. The summed E-state index contributed by atoms with van der Waals surface area (Å²) in [6.07, 6.45) is 3.38. The molecular formula is C13H17ClINO2. The molecule has 0 bridgehead atoms. The van der Waals surface area contributed by atoms with E-state index in [-0.39, 0.29) is 12.5 Å². The van der Waals surface area contributed by atoms with Crippen LogP contribution in [0.1, 0.15) is 19.3 Å². The van der Waals surface area contributed by atoms with Crippen molar-refractivity contribution in [3.05, 3.63) is 29.3 Å². The van der Waals surface area contributed by atoms with Crippen molar-refractivity contribution < 1.29 is 9.53 Å². The minimum absolute atomic E-state index is 0.0495. The summed E-state index contributed by atoms with van der Waals surface area (Å²) in [7, 11) is 0. The fraction of sp³-hybridized carbons (Fsp3) is 0.462. The average Bonchev–Trinajstić information content (AvgIpc) is 2.38. The largest absolute Gasteiger partial charge is 0.484 e. The van der Waals surface area contributed by atoms with Crippen LogP contribution in [0.15, 0.2) is 24.3 Å². The van der Waals surface area contributed by atoms with Crippen LogP contribution in [0, 0.1) is 0 Å². The summed E-state index contributed by atoms with van der Waals surface area (Å²) < 4.78 is 6.50. The summed E-state index contributed by atoms with van der Waals surface area (Å²) in [6, 6.07) is 6.96. The Balaban J connectivity index is 2.11. The van der Waals surface area contributed by atoms with Crippen molar-refractivity contribution in [1.82, 2.24) is 5.32 Å². The molecule has 18 heavy (non-hydrogen) atoms. The number of amides is 1. The molecule has 0 fully saturated rings. The zero-order chi connectivity index (χ0) is 13.2. The SMILES string of the molecule is O=C(COc1ccc(Cl)cc1)NCCCCCI. The van der Waals surface area contributed by atoms with Crippen LogP contribution >= 0.6 is 34.2 Å². The van der Waals surface area contributed by atoms with E-state index in [1.54, 1.807) is 24.3 Å². The van der Waals surface area contributed by atoms with Crippen molar-refractivity contribution in [2.75, 3.05) is 17.6 Å². The fourth-order valence-corrected chi connectivity index (χ4v) is 2.02. The second-order valence-electron chi connectivity index (χ2n) is 3.84. The summed E-state index contributed by atoms with van der Waals surface area (Å²) in [5.41, 5.74) is 0. The summed E-state index contributed by atoms with van der Waals surface area (Å²) in [6.45, 7) is 0.771. The van der Waals surface area contributed by atoms with Crippen LogP contribution in [0.3, 0.4) is 0 Å². The van der Waals surface area contributed by atoms with Crippen molar-refractivity contribution in [2.24, 2.45) is 0 Å². The van der Waals surface area contributed by atoms with Crippen molar-refractivity contribution in [3.63, 3.8) is 0 Å². The lowest BCUT2D eigenvalue weighted by molar-refractivity contribution is -0.123. The van der Waals surface area contributed by atoms with Gasteiger partial charge in [0.1, 0.15) is 5.75 Å². The third-order valence-electron chi connectivity index (χ3n) is 2.32. The first kappa shape index (κ1) is 15.6. The maximum absolute atomic E-state index is 11.5. The normalized spacial score (nSPS) is 10.1. The van der Waals surface area contributed by atoms with Gasteiger partial charge in [-0.1, -0.05) is 40.6 Å². The van der Waals surface area contributed by atoms with E-state index >= 15 is 0 Å². The standard InChI is InChI=1S/C13H17ClINO2/c14-11-4-6-12(7-5-11)18-10-13(17)16-9-3-1-2-8-15/h4-7H,1-3,8-10H2,(H,16,17). The zero-order valence-electron chi connectivity index (χ0n) is 10.1. The van der Waals surface area contributed by atoms with Crippen LogP contribution in [0.2, 0.25) is 5.02 Å². The van der Waals surface area contributed by atoms with Gasteiger partial charge in [0, 0.05) is 11.6 Å². The summed E-state index contributed by atoms with van der Waals surface area (Å²) in [4.78, 5) is 11.5. The van der Waals surface area contributed by atoms with Crippen LogP contribution in [-0.4, -0.2) is 23.5 Å². The predicted molar refractivity (Wildman–Crippen MR) is 82.7 cm³/mol. The third-order valence-corrected chi connectivity index (χ3v) is 3.33. The summed E-state index contributed by atoms with van der Waals surface area (Å²) in [5.74, 6) is 0.568. The van der Waals surface area contributed by atoms with E-state index in [4.69, 9.17) is 16.3 Å². The Kier molecular flexibility index (Phi) is 8.17. The van der Waals surface area contributed by atoms with E-state index in [9.17, 15) is 4.79 Å². The molecule has 100 valence electrons. The third kappa shape index (κ3) is 7.06. The van der Waals surface area contributed by atoms with E-state index in [0.29, 0.717) is 10.8 Å². The topological polar surface area (TPSA) is 38.3 Å². The van der Waals surface area contributed by atoms with E-state index in [1.165, 1.54) is 10.8 Å². The van der Waals surface area contributed by atoms with Crippen molar-refractivity contribution in [2.45, 2.75) is 19.3 Å². The molecule has 1 N–H and O–H groups in total. The highest BCUT2D eigenvalue weighted by Crippen LogP contribution is 2.15. The number of alkyl halides is 1. The molecule has 1 amide bonds. The Morgan fingerprint density at radius 1 is 1.22 bits per heavy atom.